The standard InChI is InChI=1S/C27H35NO6S2/c1-8-33-26(30)27(4,5)34-25-17(2)13-20(14-18(25)3)22-15-28(36(7,31)32)16-23(22)24(29)19-9-11-21(35-6)12-10-19/h9-14,22-23H,8,15-16H2,1-7H3/t22-,23?/m1/s1. The van der Waals surface area contributed by atoms with Crippen molar-refractivity contribution < 1.29 is 27.5 Å². The zero-order valence-electron chi connectivity index (χ0n) is 22.0. The summed E-state index contributed by atoms with van der Waals surface area (Å²) in [5.41, 5.74) is 1.88. The maximum atomic E-state index is 13.6. The number of carbonyl (C=O) groups is 2. The molecule has 196 valence electrons. The highest BCUT2D eigenvalue weighted by Crippen LogP contribution is 2.39. The Kier molecular flexibility index (Phi) is 8.58. The van der Waals surface area contributed by atoms with Crippen molar-refractivity contribution in [2.75, 3.05) is 32.2 Å². The molecule has 1 fully saturated rings. The van der Waals surface area contributed by atoms with E-state index in [4.69, 9.17) is 9.47 Å². The van der Waals surface area contributed by atoms with Crippen molar-refractivity contribution >= 4 is 33.5 Å². The normalized spacial score (nSPS) is 18.8. The predicted octanol–water partition coefficient (Wildman–Crippen LogP) is 4.60. The van der Waals surface area contributed by atoms with E-state index in [2.05, 4.69) is 0 Å². The van der Waals surface area contributed by atoms with Gasteiger partial charge in [0, 0.05) is 35.4 Å². The molecule has 1 aliphatic rings. The maximum absolute atomic E-state index is 13.6. The lowest BCUT2D eigenvalue weighted by atomic mass is 9.82. The third-order valence-corrected chi connectivity index (χ3v) is 8.48. The Labute approximate surface area is 218 Å². The monoisotopic (exact) mass is 533 g/mol. The molecule has 7 nitrogen and oxygen atoms in total. The van der Waals surface area contributed by atoms with Gasteiger partial charge in [0.2, 0.25) is 10.0 Å². The van der Waals surface area contributed by atoms with Crippen LogP contribution < -0.4 is 4.74 Å². The van der Waals surface area contributed by atoms with Gasteiger partial charge in [0.1, 0.15) is 5.75 Å². The van der Waals surface area contributed by atoms with Gasteiger partial charge in [-0.2, -0.15) is 0 Å². The van der Waals surface area contributed by atoms with E-state index in [0.29, 0.717) is 11.3 Å². The summed E-state index contributed by atoms with van der Waals surface area (Å²) in [5, 5.41) is 0. The summed E-state index contributed by atoms with van der Waals surface area (Å²) < 4.78 is 37.4. The minimum atomic E-state index is -3.47. The molecule has 0 aliphatic carbocycles. The first-order valence-corrected chi connectivity index (χ1v) is 15.0. The van der Waals surface area contributed by atoms with Crippen molar-refractivity contribution in [2.24, 2.45) is 5.92 Å². The topological polar surface area (TPSA) is 90.0 Å². The number of sulfonamides is 1. The Balaban J connectivity index is 1.97. The first kappa shape index (κ1) is 28.2. The van der Waals surface area contributed by atoms with Gasteiger partial charge in [-0.05, 0) is 69.7 Å². The molecule has 0 bridgehead atoms. The summed E-state index contributed by atoms with van der Waals surface area (Å²) in [6.45, 7) is 9.46. The molecule has 3 rings (SSSR count). The van der Waals surface area contributed by atoms with Crippen molar-refractivity contribution in [3.8, 4) is 5.75 Å². The molecule has 0 aromatic heterocycles. The second-order valence-electron chi connectivity index (χ2n) is 9.70. The van der Waals surface area contributed by atoms with Crippen LogP contribution in [0.4, 0.5) is 0 Å². The summed E-state index contributed by atoms with van der Waals surface area (Å²) >= 11 is 1.60. The first-order chi connectivity index (χ1) is 16.8. The number of benzene rings is 2. The van der Waals surface area contributed by atoms with Gasteiger partial charge in [-0.3, -0.25) is 4.79 Å². The molecule has 1 unspecified atom stereocenters. The smallest absolute Gasteiger partial charge is 0.349 e. The molecule has 0 radical (unpaired) electrons. The molecule has 36 heavy (non-hydrogen) atoms. The van der Waals surface area contributed by atoms with E-state index in [1.165, 1.54) is 10.6 Å². The van der Waals surface area contributed by atoms with Crippen molar-refractivity contribution in [1.82, 2.24) is 4.31 Å². The lowest BCUT2D eigenvalue weighted by molar-refractivity contribution is -0.158. The Bertz CT molecular complexity index is 1210. The van der Waals surface area contributed by atoms with Crippen LogP contribution >= 0.6 is 11.8 Å². The number of aryl methyl sites for hydroxylation is 2. The summed E-state index contributed by atoms with van der Waals surface area (Å²) in [6, 6.07) is 11.3. The van der Waals surface area contributed by atoms with E-state index in [1.54, 1.807) is 44.7 Å². The Morgan fingerprint density at radius 3 is 2.17 bits per heavy atom. The van der Waals surface area contributed by atoms with Gasteiger partial charge in [-0.25, -0.2) is 17.5 Å². The third-order valence-electron chi connectivity index (χ3n) is 6.50. The highest BCUT2D eigenvalue weighted by molar-refractivity contribution is 7.98. The molecule has 0 saturated carbocycles. The predicted molar refractivity (Wildman–Crippen MR) is 142 cm³/mol. The lowest BCUT2D eigenvalue weighted by Gasteiger charge is -2.27. The van der Waals surface area contributed by atoms with Crippen molar-refractivity contribution in [3.63, 3.8) is 0 Å². The van der Waals surface area contributed by atoms with Crippen LogP contribution in [0.1, 0.15) is 53.7 Å². The van der Waals surface area contributed by atoms with Crippen molar-refractivity contribution in [3.05, 3.63) is 58.7 Å². The van der Waals surface area contributed by atoms with Crippen LogP contribution in [0.15, 0.2) is 41.3 Å². The van der Waals surface area contributed by atoms with E-state index in [9.17, 15) is 18.0 Å². The van der Waals surface area contributed by atoms with Crippen LogP contribution in [-0.2, 0) is 19.6 Å². The number of esters is 1. The van der Waals surface area contributed by atoms with Gasteiger partial charge in [-0.15, -0.1) is 11.8 Å². The number of ketones is 1. The van der Waals surface area contributed by atoms with E-state index < -0.39 is 27.5 Å². The van der Waals surface area contributed by atoms with Crippen LogP contribution in [0.25, 0.3) is 0 Å². The highest BCUT2D eigenvalue weighted by Gasteiger charge is 2.42. The van der Waals surface area contributed by atoms with E-state index in [1.807, 2.05) is 44.4 Å². The Morgan fingerprint density at radius 1 is 1.08 bits per heavy atom. The fourth-order valence-electron chi connectivity index (χ4n) is 4.57. The summed E-state index contributed by atoms with van der Waals surface area (Å²) in [6.07, 6.45) is 3.15. The second-order valence-corrected chi connectivity index (χ2v) is 12.6. The number of ether oxygens (including phenoxy) is 2. The quantitative estimate of drug-likeness (QED) is 0.264. The minimum Gasteiger partial charge on any atom is -0.476 e. The molecule has 1 aliphatic heterocycles. The largest absolute Gasteiger partial charge is 0.476 e. The molecule has 0 spiro atoms. The van der Waals surface area contributed by atoms with Crippen molar-refractivity contribution in [2.45, 2.75) is 51.0 Å². The summed E-state index contributed by atoms with van der Waals surface area (Å²) in [7, 11) is -3.47. The van der Waals surface area contributed by atoms with E-state index in [0.717, 1.165) is 21.6 Å². The van der Waals surface area contributed by atoms with Gasteiger partial charge in [0.15, 0.2) is 11.4 Å². The molecule has 1 saturated heterocycles. The second kappa shape index (κ2) is 10.9. The van der Waals surface area contributed by atoms with Crippen LogP contribution in [0, 0.1) is 19.8 Å². The first-order valence-electron chi connectivity index (χ1n) is 11.9. The minimum absolute atomic E-state index is 0.0714. The molecule has 2 aromatic rings. The molecule has 2 atom stereocenters. The average Bonchev–Trinajstić information content (AvgIpc) is 3.27. The molecule has 0 amide bonds. The van der Waals surface area contributed by atoms with Gasteiger partial charge in [0.25, 0.3) is 0 Å². The number of hydrogen-bond acceptors (Lipinski definition) is 7. The fraction of sp³-hybridized carbons (Fsp3) is 0.481. The molecular formula is C27H35NO6S2. The van der Waals surface area contributed by atoms with E-state index >= 15 is 0 Å². The number of nitrogens with zero attached hydrogens (tertiary/aromatic N) is 1. The molecule has 2 aromatic carbocycles. The summed E-state index contributed by atoms with van der Waals surface area (Å²) in [5.74, 6) is -0.771. The number of thioether (sulfide) groups is 1. The number of hydrogen-bond donors (Lipinski definition) is 0. The SMILES string of the molecule is CCOC(=O)C(C)(C)Oc1c(C)cc([C@H]2CN(S(C)(=O)=O)CC2C(=O)c2ccc(SC)cc2)cc1C. The van der Waals surface area contributed by atoms with E-state index in [-0.39, 0.29) is 31.4 Å². The Hall–Kier alpha value is -2.36. The zero-order chi connectivity index (χ0) is 26.8. The highest BCUT2D eigenvalue weighted by atomic mass is 32.2. The zero-order valence-corrected chi connectivity index (χ0v) is 23.6. The van der Waals surface area contributed by atoms with Crippen LogP contribution in [-0.4, -0.2) is 62.3 Å². The molecule has 0 N–H and O–H groups in total. The fourth-order valence-corrected chi connectivity index (χ4v) is 5.84. The van der Waals surface area contributed by atoms with Crippen LogP contribution in [0.5, 0.6) is 5.75 Å². The lowest BCUT2D eigenvalue weighted by Crippen LogP contribution is -2.40. The molecule has 9 heteroatoms. The summed E-state index contributed by atoms with van der Waals surface area (Å²) in [4.78, 5) is 27.0. The van der Waals surface area contributed by atoms with Crippen LogP contribution in [0.2, 0.25) is 0 Å². The number of Topliss-reactive ketones (excluding diaryl/α,β-unsaturated/α-hetero) is 1. The number of carbonyl (C=O) groups excluding carboxylic acids is 2. The maximum Gasteiger partial charge on any atom is 0.349 e. The van der Waals surface area contributed by atoms with Gasteiger partial charge in [-0.1, -0.05) is 24.3 Å². The van der Waals surface area contributed by atoms with Gasteiger partial charge < -0.3 is 9.47 Å². The molecular weight excluding hydrogens is 498 g/mol. The van der Waals surface area contributed by atoms with Crippen LogP contribution in [0.3, 0.4) is 0 Å². The number of rotatable bonds is 9. The molecule has 1 heterocycles. The van der Waals surface area contributed by atoms with Crippen molar-refractivity contribution in [1.29, 1.82) is 0 Å². The third kappa shape index (κ3) is 6.12. The van der Waals surface area contributed by atoms with Gasteiger partial charge >= 0.3 is 5.97 Å². The average molecular weight is 534 g/mol. The van der Waals surface area contributed by atoms with Gasteiger partial charge in [0.05, 0.1) is 12.9 Å². The Morgan fingerprint density at radius 2 is 1.67 bits per heavy atom.